The summed E-state index contributed by atoms with van der Waals surface area (Å²) in [5.41, 5.74) is 6.04. The summed E-state index contributed by atoms with van der Waals surface area (Å²) < 4.78 is 35.1. The number of carbonyl (C=O) groups is 1. The number of aliphatic imine (C=N–C) groups is 1. The van der Waals surface area contributed by atoms with Gasteiger partial charge in [-0.15, -0.1) is 0 Å². The lowest BCUT2D eigenvalue weighted by molar-refractivity contribution is 0.0987. The van der Waals surface area contributed by atoms with Gasteiger partial charge in [0.05, 0.1) is 5.56 Å². The van der Waals surface area contributed by atoms with Crippen molar-refractivity contribution >= 4 is 11.8 Å². The number of carbonyl (C=O) groups excluding carboxylic acids is 1. The molecule has 0 spiro atoms. The molecule has 1 fully saturated rings. The van der Waals surface area contributed by atoms with Crippen LogP contribution in [0.2, 0.25) is 0 Å². The number of rotatable bonds is 5. The predicted molar refractivity (Wildman–Crippen MR) is 105 cm³/mol. The van der Waals surface area contributed by atoms with Crippen molar-refractivity contribution < 1.29 is 18.3 Å². The SMILES string of the molecule is Cc1cc(C#N)cnc1C(=O)Cc1ccc(F)c([C@@]2(C(C)F)N=C(N)O[C@@H]3C[C@@H]32)c1. The van der Waals surface area contributed by atoms with Crippen LogP contribution in [0.1, 0.15) is 46.1 Å². The van der Waals surface area contributed by atoms with Gasteiger partial charge in [0.25, 0.3) is 6.02 Å². The summed E-state index contributed by atoms with van der Waals surface area (Å²) in [7, 11) is 0. The van der Waals surface area contributed by atoms with Crippen LogP contribution >= 0.6 is 0 Å². The fourth-order valence-corrected chi connectivity index (χ4v) is 4.26. The summed E-state index contributed by atoms with van der Waals surface area (Å²) in [6.07, 6.45) is 0.0416. The molecule has 0 saturated heterocycles. The molecule has 2 aliphatic rings. The molecule has 8 heteroatoms. The number of ketones is 1. The van der Waals surface area contributed by atoms with Crippen LogP contribution in [0, 0.1) is 30.0 Å². The van der Waals surface area contributed by atoms with Crippen molar-refractivity contribution in [2.45, 2.75) is 44.5 Å². The standard InChI is InChI=1S/C22H20F2N4O2/c1-11-5-14(9-25)10-27-20(11)18(29)7-13-3-4-17(24)15(6-13)22(12(2)23)16-8-19(16)30-21(26)28-22/h3-6,10,12,16,19H,7-8H2,1-2H3,(H2,26,28)/t12?,16-,19+,22+/m0/s1. The molecule has 4 atom stereocenters. The van der Waals surface area contributed by atoms with E-state index in [4.69, 9.17) is 15.7 Å². The smallest absolute Gasteiger partial charge is 0.283 e. The van der Waals surface area contributed by atoms with E-state index in [0.717, 1.165) is 0 Å². The van der Waals surface area contributed by atoms with E-state index in [0.29, 0.717) is 23.1 Å². The first-order chi connectivity index (χ1) is 14.3. The molecule has 0 amide bonds. The number of alkyl halides is 1. The molecule has 2 heterocycles. The number of ether oxygens (including phenoxy) is 1. The maximum absolute atomic E-state index is 14.9. The van der Waals surface area contributed by atoms with Gasteiger partial charge in [-0.3, -0.25) is 9.78 Å². The van der Waals surface area contributed by atoms with Crippen LogP contribution in [0.5, 0.6) is 0 Å². The Hall–Kier alpha value is -3.34. The molecule has 2 N–H and O–H groups in total. The maximum Gasteiger partial charge on any atom is 0.283 e. The Bertz CT molecular complexity index is 1110. The molecule has 1 aromatic carbocycles. The van der Waals surface area contributed by atoms with Gasteiger partial charge in [0.15, 0.2) is 5.78 Å². The number of hydrogen-bond acceptors (Lipinski definition) is 6. The normalized spacial score (nSPS) is 25.4. The number of Topliss-reactive ketones (excluding diaryl/α,β-unsaturated/α-hetero) is 1. The Kier molecular flexibility index (Phi) is 4.77. The Balaban J connectivity index is 1.70. The van der Waals surface area contributed by atoms with Crippen LogP contribution < -0.4 is 5.73 Å². The fourth-order valence-electron chi connectivity index (χ4n) is 4.26. The van der Waals surface area contributed by atoms with Gasteiger partial charge in [0, 0.05) is 24.1 Å². The highest BCUT2D eigenvalue weighted by molar-refractivity contribution is 5.97. The third-order valence-electron chi connectivity index (χ3n) is 5.77. The van der Waals surface area contributed by atoms with Crippen molar-refractivity contribution in [3.63, 3.8) is 0 Å². The number of pyridine rings is 1. The zero-order valence-electron chi connectivity index (χ0n) is 16.5. The average Bonchev–Trinajstić information content (AvgIpc) is 3.48. The van der Waals surface area contributed by atoms with Gasteiger partial charge < -0.3 is 10.5 Å². The van der Waals surface area contributed by atoms with Gasteiger partial charge in [0.1, 0.15) is 35.4 Å². The molecule has 1 unspecified atom stereocenters. The summed E-state index contributed by atoms with van der Waals surface area (Å²) in [5, 5.41) is 8.95. The fraction of sp³-hybridized carbons (Fsp3) is 0.364. The van der Waals surface area contributed by atoms with Crippen molar-refractivity contribution in [1.82, 2.24) is 4.98 Å². The van der Waals surface area contributed by atoms with Crippen molar-refractivity contribution in [2.75, 3.05) is 0 Å². The maximum atomic E-state index is 14.9. The number of fused-ring (bicyclic) bond motifs is 1. The zero-order valence-corrected chi connectivity index (χ0v) is 16.5. The lowest BCUT2D eigenvalue weighted by atomic mass is 9.80. The van der Waals surface area contributed by atoms with E-state index >= 15 is 0 Å². The second-order valence-electron chi connectivity index (χ2n) is 7.81. The summed E-state index contributed by atoms with van der Waals surface area (Å²) >= 11 is 0. The number of halogens is 2. The summed E-state index contributed by atoms with van der Waals surface area (Å²) in [4.78, 5) is 21.1. The quantitative estimate of drug-likeness (QED) is 0.763. The number of nitriles is 1. The number of benzene rings is 1. The summed E-state index contributed by atoms with van der Waals surface area (Å²) in [5.74, 6) is -1.20. The number of nitrogens with two attached hydrogens (primary N) is 1. The van der Waals surface area contributed by atoms with E-state index in [-0.39, 0.29) is 41.5 Å². The largest absolute Gasteiger partial charge is 0.462 e. The van der Waals surface area contributed by atoms with Gasteiger partial charge >= 0.3 is 0 Å². The minimum atomic E-state index is -1.50. The Morgan fingerprint density at radius 2 is 2.23 bits per heavy atom. The average molecular weight is 410 g/mol. The minimum Gasteiger partial charge on any atom is -0.462 e. The second kappa shape index (κ2) is 7.17. The molecule has 1 aromatic heterocycles. The highest BCUT2D eigenvalue weighted by Crippen LogP contribution is 2.55. The molecule has 154 valence electrons. The molecule has 1 aliphatic heterocycles. The molecule has 30 heavy (non-hydrogen) atoms. The van der Waals surface area contributed by atoms with Crippen LogP contribution in [0.3, 0.4) is 0 Å². The number of amidine groups is 1. The lowest BCUT2D eigenvalue weighted by Crippen LogP contribution is -2.44. The Labute approximate surface area is 172 Å². The predicted octanol–water partition coefficient (Wildman–Crippen LogP) is 3.11. The van der Waals surface area contributed by atoms with E-state index in [1.165, 1.54) is 31.3 Å². The molecule has 1 aliphatic carbocycles. The first kappa shape index (κ1) is 20.0. The zero-order chi connectivity index (χ0) is 21.6. The summed E-state index contributed by atoms with van der Waals surface area (Å²) in [6, 6.07) is 7.60. The topological polar surface area (TPSA) is 101 Å². The van der Waals surface area contributed by atoms with E-state index in [1.807, 2.05) is 6.07 Å². The van der Waals surface area contributed by atoms with Crippen LogP contribution in [0.4, 0.5) is 8.78 Å². The van der Waals surface area contributed by atoms with Crippen LogP contribution in [0.25, 0.3) is 0 Å². The van der Waals surface area contributed by atoms with Crippen molar-refractivity contribution in [3.05, 3.63) is 64.2 Å². The number of aromatic nitrogens is 1. The van der Waals surface area contributed by atoms with Crippen molar-refractivity contribution in [3.8, 4) is 6.07 Å². The lowest BCUT2D eigenvalue weighted by Gasteiger charge is -2.35. The highest BCUT2D eigenvalue weighted by Gasteiger charge is 2.62. The van der Waals surface area contributed by atoms with E-state index < -0.39 is 17.5 Å². The Morgan fingerprint density at radius 3 is 2.90 bits per heavy atom. The molecule has 0 bridgehead atoms. The monoisotopic (exact) mass is 410 g/mol. The second-order valence-corrected chi connectivity index (χ2v) is 7.81. The van der Waals surface area contributed by atoms with E-state index in [2.05, 4.69) is 9.98 Å². The van der Waals surface area contributed by atoms with Gasteiger partial charge in [-0.1, -0.05) is 6.07 Å². The molecular weight excluding hydrogens is 390 g/mol. The molecule has 0 radical (unpaired) electrons. The van der Waals surface area contributed by atoms with Gasteiger partial charge in [-0.2, -0.15) is 5.26 Å². The van der Waals surface area contributed by atoms with Crippen molar-refractivity contribution in [1.29, 1.82) is 5.26 Å². The molecule has 4 rings (SSSR count). The number of hydrogen-bond donors (Lipinski definition) is 1. The minimum absolute atomic E-state index is 0.0481. The third-order valence-corrected chi connectivity index (χ3v) is 5.77. The molecule has 2 aromatic rings. The van der Waals surface area contributed by atoms with Gasteiger partial charge in [-0.25, -0.2) is 13.8 Å². The highest BCUT2D eigenvalue weighted by atomic mass is 19.1. The van der Waals surface area contributed by atoms with Crippen LogP contribution in [-0.2, 0) is 16.7 Å². The van der Waals surface area contributed by atoms with E-state index in [9.17, 15) is 13.6 Å². The van der Waals surface area contributed by atoms with Crippen LogP contribution in [-0.4, -0.2) is 29.1 Å². The molecular formula is C22H20F2N4O2. The molecule has 6 nitrogen and oxygen atoms in total. The third kappa shape index (κ3) is 3.20. The van der Waals surface area contributed by atoms with Gasteiger partial charge in [0.2, 0.25) is 0 Å². The van der Waals surface area contributed by atoms with Crippen LogP contribution in [0.15, 0.2) is 35.5 Å². The Morgan fingerprint density at radius 1 is 1.47 bits per heavy atom. The first-order valence-electron chi connectivity index (χ1n) is 9.61. The number of aryl methyl sites for hydroxylation is 1. The number of nitrogens with zero attached hydrogens (tertiary/aromatic N) is 3. The first-order valence-corrected chi connectivity index (χ1v) is 9.61. The van der Waals surface area contributed by atoms with Crippen molar-refractivity contribution in [2.24, 2.45) is 16.6 Å². The summed E-state index contributed by atoms with van der Waals surface area (Å²) in [6.45, 7) is 3.03. The molecule has 1 saturated carbocycles. The van der Waals surface area contributed by atoms with Gasteiger partial charge in [-0.05, 0) is 49.6 Å². The van der Waals surface area contributed by atoms with E-state index in [1.54, 1.807) is 13.0 Å².